The topological polar surface area (TPSA) is 70.6 Å². The molecule has 2 aromatic carbocycles. The Hall–Kier alpha value is -2.53. The number of hydrogen-bond donors (Lipinski definition) is 3. The lowest BCUT2D eigenvalue weighted by Gasteiger charge is -2.19. The summed E-state index contributed by atoms with van der Waals surface area (Å²) in [7, 11) is 0. The van der Waals surface area contributed by atoms with Gasteiger partial charge in [-0.25, -0.2) is 4.79 Å². The van der Waals surface area contributed by atoms with Crippen LogP contribution in [0, 0.1) is 0 Å². The first-order chi connectivity index (χ1) is 11.2. The summed E-state index contributed by atoms with van der Waals surface area (Å²) < 4.78 is 5.49. The zero-order valence-corrected chi connectivity index (χ0v) is 13.0. The van der Waals surface area contributed by atoms with Crippen molar-refractivity contribution < 1.29 is 14.6 Å². The molecule has 0 spiro atoms. The minimum Gasteiger partial charge on any atom is -0.492 e. The molecular weight excluding hydrogens is 292 g/mol. The van der Waals surface area contributed by atoms with Crippen LogP contribution in [0.15, 0.2) is 48.5 Å². The van der Waals surface area contributed by atoms with Gasteiger partial charge in [-0.1, -0.05) is 36.4 Å². The molecule has 23 heavy (non-hydrogen) atoms. The van der Waals surface area contributed by atoms with Crippen LogP contribution in [0.3, 0.4) is 0 Å². The summed E-state index contributed by atoms with van der Waals surface area (Å²) in [5, 5.41) is 15.8. The Labute approximate surface area is 135 Å². The van der Waals surface area contributed by atoms with Crippen molar-refractivity contribution >= 4 is 11.7 Å². The van der Waals surface area contributed by atoms with Crippen LogP contribution in [-0.4, -0.2) is 23.8 Å². The molecule has 0 saturated heterocycles. The third kappa shape index (κ3) is 3.29. The highest BCUT2D eigenvalue weighted by Crippen LogP contribution is 2.31. The predicted molar refractivity (Wildman–Crippen MR) is 88.7 cm³/mol. The van der Waals surface area contributed by atoms with Crippen LogP contribution in [0.25, 0.3) is 0 Å². The first-order valence-corrected chi connectivity index (χ1v) is 7.74. The lowest BCUT2D eigenvalue weighted by Crippen LogP contribution is -2.36. The molecule has 2 amide bonds. The summed E-state index contributed by atoms with van der Waals surface area (Å²) in [5.41, 5.74) is 2.64. The van der Waals surface area contributed by atoms with E-state index in [1.165, 1.54) is 0 Å². The zero-order valence-electron chi connectivity index (χ0n) is 13.0. The Morgan fingerprint density at radius 3 is 2.78 bits per heavy atom. The third-order valence-electron chi connectivity index (χ3n) is 3.93. The molecular formula is C18H20N2O3. The number of carbonyl (C=O) groups is 1. The first kappa shape index (κ1) is 15.4. The number of ether oxygens (including phenoxy) is 1. The molecule has 3 rings (SSSR count). The van der Waals surface area contributed by atoms with Gasteiger partial charge in [0.1, 0.15) is 5.75 Å². The number of para-hydroxylation sites is 2. The molecule has 0 heterocycles. The van der Waals surface area contributed by atoms with Gasteiger partial charge >= 0.3 is 6.03 Å². The molecule has 3 N–H and O–H groups in total. The van der Waals surface area contributed by atoms with Crippen molar-refractivity contribution in [3.63, 3.8) is 0 Å². The number of urea groups is 1. The maximum Gasteiger partial charge on any atom is 0.319 e. The van der Waals surface area contributed by atoms with Crippen molar-refractivity contribution in [3.05, 3.63) is 59.7 Å². The molecule has 2 aromatic rings. The fourth-order valence-electron chi connectivity index (χ4n) is 2.90. The number of amides is 2. The predicted octanol–water partition coefficient (Wildman–Crippen LogP) is 2.87. The highest BCUT2D eigenvalue weighted by molar-refractivity contribution is 5.91. The summed E-state index contributed by atoms with van der Waals surface area (Å²) in [5.74, 6) is 0.623. The monoisotopic (exact) mass is 312 g/mol. The summed E-state index contributed by atoms with van der Waals surface area (Å²) in [6, 6.07) is 14.3. The van der Waals surface area contributed by atoms with Crippen molar-refractivity contribution in [2.24, 2.45) is 0 Å². The molecule has 5 heteroatoms. The first-order valence-electron chi connectivity index (χ1n) is 7.74. The summed E-state index contributed by atoms with van der Waals surface area (Å²) >= 11 is 0. The van der Waals surface area contributed by atoms with Gasteiger partial charge in [0.25, 0.3) is 0 Å². The van der Waals surface area contributed by atoms with E-state index >= 15 is 0 Å². The minimum absolute atomic E-state index is 0.363. The number of rotatable bonds is 4. The fourth-order valence-corrected chi connectivity index (χ4v) is 2.90. The van der Waals surface area contributed by atoms with Crippen LogP contribution in [0.1, 0.15) is 24.1 Å². The van der Waals surface area contributed by atoms with E-state index in [0.29, 0.717) is 24.5 Å². The van der Waals surface area contributed by atoms with Crippen LogP contribution >= 0.6 is 0 Å². The van der Waals surface area contributed by atoms with Crippen LogP contribution in [-0.2, 0) is 6.42 Å². The van der Waals surface area contributed by atoms with Crippen LogP contribution < -0.4 is 15.4 Å². The van der Waals surface area contributed by atoms with E-state index in [1.807, 2.05) is 43.3 Å². The van der Waals surface area contributed by atoms with Gasteiger partial charge < -0.3 is 20.5 Å². The molecule has 2 atom stereocenters. The molecule has 0 unspecified atom stereocenters. The van der Waals surface area contributed by atoms with Gasteiger partial charge in [-0.2, -0.15) is 0 Å². The van der Waals surface area contributed by atoms with E-state index in [2.05, 4.69) is 10.6 Å². The minimum atomic E-state index is -0.611. The smallest absolute Gasteiger partial charge is 0.319 e. The van der Waals surface area contributed by atoms with Gasteiger partial charge in [0.15, 0.2) is 0 Å². The maximum absolute atomic E-state index is 12.3. The van der Waals surface area contributed by atoms with Gasteiger partial charge in [0.05, 0.1) is 24.4 Å². The van der Waals surface area contributed by atoms with Crippen molar-refractivity contribution in [2.45, 2.75) is 25.5 Å². The second-order valence-electron chi connectivity index (χ2n) is 5.48. The van der Waals surface area contributed by atoms with Crippen molar-refractivity contribution in [1.29, 1.82) is 0 Å². The van der Waals surface area contributed by atoms with E-state index in [-0.39, 0.29) is 6.03 Å². The average molecular weight is 312 g/mol. The fraction of sp³-hybridized carbons (Fsp3) is 0.278. The SMILES string of the molecule is CCOc1ccccc1NC(=O)N[C@H]1c2ccccc2C[C@H]1O. The third-order valence-corrected chi connectivity index (χ3v) is 3.93. The quantitative estimate of drug-likeness (QED) is 0.813. The summed E-state index contributed by atoms with van der Waals surface area (Å²) in [6.07, 6.45) is -0.0586. The highest BCUT2D eigenvalue weighted by Gasteiger charge is 2.31. The van der Waals surface area contributed by atoms with Gasteiger partial charge in [-0.05, 0) is 30.2 Å². The van der Waals surface area contributed by atoms with E-state index in [9.17, 15) is 9.90 Å². The molecule has 0 aromatic heterocycles. The lowest BCUT2D eigenvalue weighted by atomic mass is 10.1. The lowest BCUT2D eigenvalue weighted by molar-refractivity contribution is 0.144. The second-order valence-corrected chi connectivity index (χ2v) is 5.48. The second kappa shape index (κ2) is 6.71. The van der Waals surface area contributed by atoms with Crippen LogP contribution in [0.5, 0.6) is 5.75 Å². The molecule has 5 nitrogen and oxygen atoms in total. The molecule has 1 aliphatic carbocycles. The van der Waals surface area contributed by atoms with Gasteiger partial charge in [0, 0.05) is 6.42 Å². The highest BCUT2D eigenvalue weighted by atomic mass is 16.5. The van der Waals surface area contributed by atoms with Gasteiger partial charge in [-0.15, -0.1) is 0 Å². The Bertz CT molecular complexity index is 702. The number of anilines is 1. The summed E-state index contributed by atoms with van der Waals surface area (Å²) in [6.45, 7) is 2.41. The summed E-state index contributed by atoms with van der Waals surface area (Å²) in [4.78, 5) is 12.3. The molecule has 0 fully saturated rings. The molecule has 0 radical (unpaired) electrons. The van der Waals surface area contributed by atoms with Gasteiger partial charge in [-0.3, -0.25) is 0 Å². The number of fused-ring (bicyclic) bond motifs is 1. The van der Waals surface area contributed by atoms with E-state index < -0.39 is 12.1 Å². The van der Waals surface area contributed by atoms with Crippen molar-refractivity contribution in [2.75, 3.05) is 11.9 Å². The number of nitrogens with one attached hydrogen (secondary N) is 2. The molecule has 0 saturated carbocycles. The van der Waals surface area contributed by atoms with Gasteiger partial charge in [0.2, 0.25) is 0 Å². The van der Waals surface area contributed by atoms with Crippen LogP contribution in [0.2, 0.25) is 0 Å². The van der Waals surface area contributed by atoms with E-state index in [0.717, 1.165) is 11.1 Å². The number of aliphatic hydroxyl groups is 1. The Morgan fingerprint density at radius 1 is 1.22 bits per heavy atom. The Balaban J connectivity index is 1.71. The van der Waals surface area contributed by atoms with E-state index in [1.54, 1.807) is 12.1 Å². The largest absolute Gasteiger partial charge is 0.492 e. The number of hydrogen-bond acceptors (Lipinski definition) is 3. The van der Waals surface area contributed by atoms with Crippen molar-refractivity contribution in [1.82, 2.24) is 5.32 Å². The molecule has 0 bridgehead atoms. The van der Waals surface area contributed by atoms with Crippen LogP contribution in [0.4, 0.5) is 10.5 Å². The van der Waals surface area contributed by atoms with E-state index in [4.69, 9.17) is 4.74 Å². The molecule has 120 valence electrons. The maximum atomic E-state index is 12.3. The zero-order chi connectivity index (χ0) is 16.2. The normalized spacial score (nSPS) is 19.0. The average Bonchev–Trinajstić information content (AvgIpc) is 2.85. The molecule has 1 aliphatic rings. The Morgan fingerprint density at radius 2 is 1.96 bits per heavy atom. The number of benzene rings is 2. The Kier molecular flexibility index (Phi) is 4.48. The molecule has 0 aliphatic heterocycles. The van der Waals surface area contributed by atoms with Crippen molar-refractivity contribution in [3.8, 4) is 5.75 Å². The standard InChI is InChI=1S/C18H20N2O3/c1-2-23-16-10-6-5-9-14(16)19-18(22)20-17-13-8-4-3-7-12(13)11-15(17)21/h3-10,15,17,21H,2,11H2,1H3,(H2,19,20,22)/t15-,17+/m1/s1. The number of carbonyl (C=O) groups excluding carboxylic acids is 1. The number of aliphatic hydroxyl groups excluding tert-OH is 1.